The van der Waals surface area contributed by atoms with Gasteiger partial charge in [0.2, 0.25) is 5.91 Å². The number of hydrogen-bond acceptors (Lipinski definition) is 2. The van der Waals surface area contributed by atoms with Gasteiger partial charge in [-0.3, -0.25) is 4.79 Å². The van der Waals surface area contributed by atoms with Crippen molar-refractivity contribution in [1.29, 1.82) is 0 Å². The normalized spacial score (nSPS) is 15.9. The van der Waals surface area contributed by atoms with Gasteiger partial charge < -0.3 is 9.80 Å². The maximum atomic E-state index is 11.6. The lowest BCUT2D eigenvalue weighted by molar-refractivity contribution is -0.131. The molecule has 3 nitrogen and oxygen atoms in total. The minimum atomic E-state index is 0.274. The number of piperazine rings is 1. The lowest BCUT2D eigenvalue weighted by Gasteiger charge is -2.36. The molecule has 1 aliphatic rings. The lowest BCUT2D eigenvalue weighted by atomic mass is 10.1. The third-order valence-electron chi connectivity index (χ3n) is 3.64. The number of rotatable bonds is 3. The number of carbonyl (C=O) groups excluding carboxylic acids is 1. The molecule has 0 aromatic heterocycles. The summed E-state index contributed by atoms with van der Waals surface area (Å²) >= 11 is 0. The van der Waals surface area contributed by atoms with Crippen molar-refractivity contribution in [3.8, 4) is 0 Å². The summed E-state index contributed by atoms with van der Waals surface area (Å²) in [4.78, 5) is 15.9. The molecule has 0 spiro atoms. The summed E-state index contributed by atoms with van der Waals surface area (Å²) in [5.41, 5.74) is 2.65. The second kappa shape index (κ2) is 5.89. The lowest BCUT2D eigenvalue weighted by Crippen LogP contribution is -2.48. The average Bonchev–Trinajstić information content (AvgIpc) is 2.47. The van der Waals surface area contributed by atoms with Crippen LogP contribution in [0.1, 0.15) is 25.8 Å². The summed E-state index contributed by atoms with van der Waals surface area (Å²) < 4.78 is 0. The van der Waals surface area contributed by atoms with Crippen molar-refractivity contribution in [3.63, 3.8) is 0 Å². The highest BCUT2D eigenvalue weighted by atomic mass is 16.2. The second-order valence-corrected chi connectivity index (χ2v) is 4.74. The van der Waals surface area contributed by atoms with Crippen LogP contribution >= 0.6 is 0 Å². The Balaban J connectivity index is 1.94. The number of carbonyl (C=O) groups is 1. The summed E-state index contributed by atoms with van der Waals surface area (Å²) in [5.74, 6) is 0.274. The minimum absolute atomic E-state index is 0.274. The van der Waals surface area contributed by atoms with Gasteiger partial charge in [-0.15, -0.1) is 0 Å². The number of anilines is 1. The molecule has 0 saturated carbocycles. The molecule has 1 fully saturated rings. The summed E-state index contributed by atoms with van der Waals surface area (Å²) in [6, 6.07) is 8.77. The maximum Gasteiger partial charge on any atom is 0.222 e. The predicted molar refractivity (Wildman–Crippen MR) is 74.9 cm³/mol. The second-order valence-electron chi connectivity index (χ2n) is 4.74. The van der Waals surface area contributed by atoms with Gasteiger partial charge in [-0.1, -0.05) is 26.0 Å². The van der Waals surface area contributed by atoms with Crippen LogP contribution in [0.3, 0.4) is 0 Å². The third kappa shape index (κ3) is 2.84. The third-order valence-corrected chi connectivity index (χ3v) is 3.64. The summed E-state index contributed by atoms with van der Waals surface area (Å²) in [7, 11) is 0. The van der Waals surface area contributed by atoms with Gasteiger partial charge in [-0.25, -0.2) is 0 Å². The van der Waals surface area contributed by atoms with E-state index in [2.05, 4.69) is 36.1 Å². The van der Waals surface area contributed by atoms with Gasteiger partial charge in [-0.05, 0) is 24.1 Å². The van der Waals surface area contributed by atoms with E-state index in [0.29, 0.717) is 6.42 Å². The molecule has 1 heterocycles. The van der Waals surface area contributed by atoms with Crippen LogP contribution in [0.15, 0.2) is 24.3 Å². The maximum absolute atomic E-state index is 11.6. The Bertz CT molecular complexity index is 391. The molecule has 18 heavy (non-hydrogen) atoms. The molecule has 2 rings (SSSR count). The fraction of sp³-hybridized carbons (Fsp3) is 0.533. The first kappa shape index (κ1) is 12.9. The Labute approximate surface area is 109 Å². The predicted octanol–water partition coefficient (Wildman–Crippen LogP) is 2.31. The van der Waals surface area contributed by atoms with E-state index >= 15 is 0 Å². The van der Waals surface area contributed by atoms with Crippen molar-refractivity contribution >= 4 is 11.6 Å². The van der Waals surface area contributed by atoms with E-state index in [4.69, 9.17) is 0 Å². The molecule has 3 heteroatoms. The summed E-state index contributed by atoms with van der Waals surface area (Å²) in [6.07, 6.45) is 1.70. The highest BCUT2D eigenvalue weighted by Gasteiger charge is 2.19. The Morgan fingerprint density at radius 1 is 1.06 bits per heavy atom. The molecule has 0 radical (unpaired) electrons. The molecule has 0 N–H and O–H groups in total. The Hall–Kier alpha value is -1.51. The number of benzene rings is 1. The molecular weight excluding hydrogens is 224 g/mol. The first-order chi connectivity index (χ1) is 8.74. The van der Waals surface area contributed by atoms with Gasteiger partial charge in [0.05, 0.1) is 0 Å². The zero-order valence-electron chi connectivity index (χ0n) is 11.4. The largest absolute Gasteiger partial charge is 0.368 e. The van der Waals surface area contributed by atoms with E-state index in [1.54, 1.807) is 0 Å². The van der Waals surface area contributed by atoms with Crippen molar-refractivity contribution in [2.45, 2.75) is 26.7 Å². The molecule has 0 unspecified atom stereocenters. The van der Waals surface area contributed by atoms with Gasteiger partial charge in [-0.2, -0.15) is 0 Å². The van der Waals surface area contributed by atoms with Crippen LogP contribution in [0.4, 0.5) is 5.69 Å². The number of aryl methyl sites for hydroxylation is 1. The Morgan fingerprint density at radius 3 is 2.17 bits per heavy atom. The SMILES string of the molecule is CCC(=O)N1CCN(c2ccc(CC)cc2)CC1. The van der Waals surface area contributed by atoms with Crippen LogP contribution in [0.2, 0.25) is 0 Å². The molecule has 1 aromatic rings. The highest BCUT2D eigenvalue weighted by molar-refractivity contribution is 5.76. The molecule has 0 bridgehead atoms. The van der Waals surface area contributed by atoms with Crippen LogP contribution < -0.4 is 4.90 Å². The molecule has 98 valence electrons. The van der Waals surface area contributed by atoms with Gasteiger partial charge in [0.15, 0.2) is 0 Å². The zero-order valence-corrected chi connectivity index (χ0v) is 11.4. The van der Waals surface area contributed by atoms with Crippen molar-refractivity contribution in [1.82, 2.24) is 4.90 Å². The molecular formula is C15H22N2O. The first-order valence-corrected chi connectivity index (χ1v) is 6.86. The average molecular weight is 246 g/mol. The number of hydrogen-bond donors (Lipinski definition) is 0. The van der Waals surface area contributed by atoms with Gasteiger partial charge in [0, 0.05) is 38.3 Å². The minimum Gasteiger partial charge on any atom is -0.368 e. The van der Waals surface area contributed by atoms with Crippen LogP contribution in [0.25, 0.3) is 0 Å². The van der Waals surface area contributed by atoms with Crippen LogP contribution in [0, 0.1) is 0 Å². The van der Waals surface area contributed by atoms with E-state index in [1.165, 1.54) is 11.3 Å². The smallest absolute Gasteiger partial charge is 0.222 e. The van der Waals surface area contributed by atoms with Crippen molar-refractivity contribution < 1.29 is 4.79 Å². The number of amides is 1. The van der Waals surface area contributed by atoms with Gasteiger partial charge >= 0.3 is 0 Å². The summed E-state index contributed by atoms with van der Waals surface area (Å²) in [5, 5.41) is 0. The topological polar surface area (TPSA) is 23.6 Å². The molecule has 0 atom stereocenters. The first-order valence-electron chi connectivity index (χ1n) is 6.86. The van der Waals surface area contributed by atoms with E-state index in [-0.39, 0.29) is 5.91 Å². The molecule has 1 saturated heterocycles. The van der Waals surface area contributed by atoms with Crippen molar-refractivity contribution in [2.24, 2.45) is 0 Å². The fourth-order valence-electron chi connectivity index (χ4n) is 2.38. The monoisotopic (exact) mass is 246 g/mol. The zero-order chi connectivity index (χ0) is 13.0. The standard InChI is InChI=1S/C15H22N2O/c1-3-13-5-7-14(8-6-13)16-9-11-17(12-10-16)15(18)4-2/h5-8H,3-4,9-12H2,1-2H3. The molecule has 1 aromatic carbocycles. The van der Waals surface area contributed by atoms with Crippen LogP contribution in [0.5, 0.6) is 0 Å². The van der Waals surface area contributed by atoms with E-state index < -0.39 is 0 Å². The van der Waals surface area contributed by atoms with E-state index in [1.807, 2.05) is 11.8 Å². The Kier molecular flexibility index (Phi) is 4.24. The molecule has 0 aliphatic carbocycles. The van der Waals surface area contributed by atoms with Crippen molar-refractivity contribution in [2.75, 3.05) is 31.1 Å². The number of nitrogens with zero attached hydrogens (tertiary/aromatic N) is 2. The van der Waals surface area contributed by atoms with Crippen molar-refractivity contribution in [3.05, 3.63) is 29.8 Å². The van der Waals surface area contributed by atoms with Gasteiger partial charge in [0.25, 0.3) is 0 Å². The quantitative estimate of drug-likeness (QED) is 0.817. The van der Waals surface area contributed by atoms with E-state index in [9.17, 15) is 4.79 Å². The Morgan fingerprint density at radius 2 is 1.67 bits per heavy atom. The molecule has 1 amide bonds. The van der Waals surface area contributed by atoms with Gasteiger partial charge in [0.1, 0.15) is 0 Å². The highest BCUT2D eigenvalue weighted by Crippen LogP contribution is 2.17. The van der Waals surface area contributed by atoms with Crippen LogP contribution in [-0.2, 0) is 11.2 Å². The molecule has 1 aliphatic heterocycles. The fourth-order valence-corrected chi connectivity index (χ4v) is 2.38. The van der Waals surface area contributed by atoms with Crippen LogP contribution in [-0.4, -0.2) is 37.0 Å². The summed E-state index contributed by atoms with van der Waals surface area (Å²) in [6.45, 7) is 7.68. The van der Waals surface area contributed by atoms with E-state index in [0.717, 1.165) is 32.6 Å².